The third-order valence-corrected chi connectivity index (χ3v) is 4.95. The van der Waals surface area contributed by atoms with Crippen LogP contribution in [0.15, 0.2) is 41.1 Å². The lowest BCUT2D eigenvalue weighted by Gasteiger charge is -2.25. The highest BCUT2D eigenvalue weighted by Gasteiger charge is 2.25. The summed E-state index contributed by atoms with van der Waals surface area (Å²) in [6.45, 7) is 1.19. The fourth-order valence-corrected chi connectivity index (χ4v) is 3.53. The van der Waals surface area contributed by atoms with Crippen molar-refractivity contribution < 1.29 is 14.0 Å². The van der Waals surface area contributed by atoms with Gasteiger partial charge in [-0.05, 0) is 49.8 Å². The number of thioether (sulfide) groups is 1. The Morgan fingerprint density at radius 1 is 1.35 bits per heavy atom. The number of rotatable bonds is 5. The van der Waals surface area contributed by atoms with Crippen LogP contribution in [0.2, 0.25) is 0 Å². The molecule has 2 aromatic rings. The highest BCUT2D eigenvalue weighted by atomic mass is 32.2. The molecular weight excluding hydrogens is 350 g/mol. The second kappa shape index (κ2) is 8.89. The maximum absolute atomic E-state index is 12.7. The van der Waals surface area contributed by atoms with Crippen LogP contribution in [0, 0.1) is 0 Å². The fraction of sp³-hybridized carbons (Fsp3) is 0.421. The second-order valence-corrected chi connectivity index (χ2v) is 7.22. The quantitative estimate of drug-likeness (QED) is 0.872. The van der Waals surface area contributed by atoms with Crippen molar-refractivity contribution in [1.29, 1.82) is 0 Å². The Kier molecular flexibility index (Phi) is 6.33. The third-order valence-electron chi connectivity index (χ3n) is 4.37. The maximum atomic E-state index is 12.7. The number of amides is 2. The lowest BCUT2D eigenvalue weighted by molar-refractivity contribution is 0.0734. The van der Waals surface area contributed by atoms with Crippen LogP contribution < -0.4 is 5.32 Å². The molecule has 2 amide bonds. The SMILES string of the molecule is CSCc1ccc(C(=O)N[C@@H]2CCCCN(C(=O)c3cccnc3)C2)o1. The van der Waals surface area contributed by atoms with E-state index in [0.717, 1.165) is 30.8 Å². The van der Waals surface area contributed by atoms with Crippen LogP contribution in [0.4, 0.5) is 0 Å². The fourth-order valence-electron chi connectivity index (χ4n) is 3.09. The Morgan fingerprint density at radius 2 is 2.23 bits per heavy atom. The smallest absolute Gasteiger partial charge is 0.287 e. The molecule has 1 aliphatic heterocycles. The first-order valence-corrected chi connectivity index (χ1v) is 10.1. The first kappa shape index (κ1) is 18.5. The van der Waals surface area contributed by atoms with Gasteiger partial charge in [0.2, 0.25) is 0 Å². The summed E-state index contributed by atoms with van der Waals surface area (Å²) < 4.78 is 5.58. The zero-order chi connectivity index (χ0) is 18.4. The van der Waals surface area contributed by atoms with Crippen molar-refractivity contribution in [1.82, 2.24) is 15.2 Å². The molecule has 26 heavy (non-hydrogen) atoms. The van der Waals surface area contributed by atoms with Gasteiger partial charge in [-0.25, -0.2) is 0 Å². The molecule has 0 spiro atoms. The van der Waals surface area contributed by atoms with E-state index in [0.29, 0.717) is 24.4 Å². The summed E-state index contributed by atoms with van der Waals surface area (Å²) in [7, 11) is 0. The van der Waals surface area contributed by atoms with Gasteiger partial charge in [-0.1, -0.05) is 0 Å². The zero-order valence-electron chi connectivity index (χ0n) is 14.8. The Bertz CT molecular complexity index is 747. The molecule has 6 nitrogen and oxygen atoms in total. The van der Waals surface area contributed by atoms with Gasteiger partial charge in [0.25, 0.3) is 11.8 Å². The molecule has 1 fully saturated rings. The number of nitrogens with one attached hydrogen (secondary N) is 1. The molecule has 138 valence electrons. The van der Waals surface area contributed by atoms with E-state index in [-0.39, 0.29) is 17.9 Å². The van der Waals surface area contributed by atoms with Crippen molar-refractivity contribution in [2.75, 3.05) is 19.3 Å². The van der Waals surface area contributed by atoms with E-state index in [1.807, 2.05) is 12.3 Å². The number of pyridine rings is 1. The van der Waals surface area contributed by atoms with Crippen LogP contribution >= 0.6 is 11.8 Å². The minimum Gasteiger partial charge on any atom is -0.455 e. The Labute approximate surface area is 157 Å². The van der Waals surface area contributed by atoms with E-state index < -0.39 is 0 Å². The molecular formula is C19H23N3O3S. The number of furan rings is 1. The lowest BCUT2D eigenvalue weighted by atomic mass is 10.1. The monoisotopic (exact) mass is 373 g/mol. The molecule has 0 aromatic carbocycles. The van der Waals surface area contributed by atoms with Gasteiger partial charge in [-0.15, -0.1) is 0 Å². The van der Waals surface area contributed by atoms with Gasteiger partial charge in [-0.3, -0.25) is 14.6 Å². The number of likely N-dealkylation sites (tertiary alicyclic amines) is 1. The van der Waals surface area contributed by atoms with Gasteiger partial charge >= 0.3 is 0 Å². The number of aromatic nitrogens is 1. The Hall–Kier alpha value is -2.28. The number of hydrogen-bond acceptors (Lipinski definition) is 5. The van der Waals surface area contributed by atoms with Crippen molar-refractivity contribution in [2.24, 2.45) is 0 Å². The summed E-state index contributed by atoms with van der Waals surface area (Å²) in [4.78, 5) is 31.0. The van der Waals surface area contributed by atoms with Crippen LogP contribution in [0.5, 0.6) is 0 Å². The first-order chi connectivity index (χ1) is 12.7. The molecule has 7 heteroatoms. The van der Waals surface area contributed by atoms with Gasteiger partial charge < -0.3 is 14.6 Å². The van der Waals surface area contributed by atoms with Crippen molar-refractivity contribution in [3.05, 3.63) is 53.7 Å². The van der Waals surface area contributed by atoms with Crippen LogP contribution in [-0.4, -0.2) is 47.1 Å². The van der Waals surface area contributed by atoms with E-state index >= 15 is 0 Å². The normalized spacial score (nSPS) is 17.6. The largest absolute Gasteiger partial charge is 0.455 e. The summed E-state index contributed by atoms with van der Waals surface area (Å²) >= 11 is 1.64. The summed E-state index contributed by atoms with van der Waals surface area (Å²) in [6.07, 6.45) is 7.96. The first-order valence-electron chi connectivity index (χ1n) is 8.75. The molecule has 1 saturated heterocycles. The standard InChI is InChI=1S/C19H23N3O3S/c1-26-13-16-7-8-17(25-16)18(23)21-15-6-2-3-10-22(12-15)19(24)14-5-4-9-20-11-14/h4-5,7-9,11,15H,2-3,6,10,12-13H2,1H3,(H,21,23)/t15-/m1/s1. The molecule has 0 radical (unpaired) electrons. The molecule has 0 unspecified atom stereocenters. The van der Waals surface area contributed by atoms with E-state index in [4.69, 9.17) is 4.42 Å². The average molecular weight is 373 g/mol. The van der Waals surface area contributed by atoms with Gasteiger partial charge in [0.15, 0.2) is 5.76 Å². The molecule has 3 rings (SSSR count). The average Bonchev–Trinajstić information content (AvgIpc) is 3.01. The minimum atomic E-state index is -0.224. The number of nitrogens with zero attached hydrogens (tertiary/aromatic N) is 2. The molecule has 3 heterocycles. The second-order valence-electron chi connectivity index (χ2n) is 6.36. The van der Waals surface area contributed by atoms with Gasteiger partial charge in [0.1, 0.15) is 5.76 Å². The Morgan fingerprint density at radius 3 is 3.00 bits per heavy atom. The van der Waals surface area contributed by atoms with Gasteiger partial charge in [0.05, 0.1) is 11.3 Å². The predicted octanol–water partition coefficient (Wildman–Crippen LogP) is 2.96. The summed E-state index contributed by atoms with van der Waals surface area (Å²) in [5, 5.41) is 3.02. The van der Waals surface area contributed by atoms with Gasteiger partial charge in [0, 0.05) is 31.5 Å². The summed E-state index contributed by atoms with van der Waals surface area (Å²) in [5.74, 6) is 1.59. The molecule has 2 aromatic heterocycles. The van der Waals surface area contributed by atoms with Crippen molar-refractivity contribution in [2.45, 2.75) is 31.1 Å². The molecule has 1 aliphatic rings. The minimum absolute atomic E-state index is 0.0421. The number of carbonyl (C=O) groups excluding carboxylic acids is 2. The summed E-state index contributed by atoms with van der Waals surface area (Å²) in [6, 6.07) is 6.98. The van der Waals surface area contributed by atoms with Gasteiger partial charge in [-0.2, -0.15) is 11.8 Å². The molecule has 1 N–H and O–H groups in total. The molecule has 0 bridgehead atoms. The summed E-state index contributed by atoms with van der Waals surface area (Å²) in [5.41, 5.74) is 0.576. The van der Waals surface area contributed by atoms with E-state index in [1.165, 1.54) is 0 Å². The third kappa shape index (κ3) is 4.66. The highest BCUT2D eigenvalue weighted by molar-refractivity contribution is 7.97. The topological polar surface area (TPSA) is 75.4 Å². The maximum Gasteiger partial charge on any atom is 0.287 e. The number of carbonyl (C=O) groups is 2. The van der Waals surface area contributed by atoms with Crippen LogP contribution in [0.3, 0.4) is 0 Å². The Balaban J connectivity index is 1.63. The van der Waals surface area contributed by atoms with Crippen LogP contribution in [0.25, 0.3) is 0 Å². The van der Waals surface area contributed by atoms with Crippen molar-refractivity contribution >= 4 is 23.6 Å². The molecule has 0 saturated carbocycles. The molecule has 0 aliphatic carbocycles. The van der Waals surface area contributed by atoms with Crippen molar-refractivity contribution in [3.8, 4) is 0 Å². The van der Waals surface area contributed by atoms with Crippen molar-refractivity contribution in [3.63, 3.8) is 0 Å². The highest BCUT2D eigenvalue weighted by Crippen LogP contribution is 2.16. The van der Waals surface area contributed by atoms with E-state index in [9.17, 15) is 9.59 Å². The van der Waals surface area contributed by atoms with E-state index in [2.05, 4.69) is 10.3 Å². The zero-order valence-corrected chi connectivity index (χ0v) is 15.6. The van der Waals surface area contributed by atoms with E-state index in [1.54, 1.807) is 47.3 Å². The lowest BCUT2D eigenvalue weighted by Crippen LogP contribution is -2.44. The number of hydrogen-bond donors (Lipinski definition) is 1. The van der Waals surface area contributed by atoms with Crippen LogP contribution in [0.1, 0.15) is 45.9 Å². The molecule has 1 atom stereocenters. The predicted molar refractivity (Wildman–Crippen MR) is 101 cm³/mol. The van der Waals surface area contributed by atoms with Crippen LogP contribution in [-0.2, 0) is 5.75 Å².